The highest BCUT2D eigenvalue weighted by Crippen LogP contribution is 2.26. The second kappa shape index (κ2) is 8.55. The van der Waals surface area contributed by atoms with Crippen molar-refractivity contribution in [3.8, 4) is 0 Å². The number of hydrogen-bond donors (Lipinski definition) is 1. The third kappa shape index (κ3) is 4.46. The van der Waals surface area contributed by atoms with Crippen LogP contribution in [0.3, 0.4) is 0 Å². The maximum Gasteiger partial charge on any atom is 0.264 e. The fourth-order valence-electron chi connectivity index (χ4n) is 3.74. The van der Waals surface area contributed by atoms with Crippen molar-refractivity contribution < 1.29 is 18.3 Å². The molecule has 1 N–H and O–H groups in total. The van der Waals surface area contributed by atoms with E-state index in [1.54, 1.807) is 60.5 Å². The lowest BCUT2D eigenvalue weighted by Gasteiger charge is -2.35. The van der Waals surface area contributed by atoms with E-state index in [2.05, 4.69) is 0 Å². The van der Waals surface area contributed by atoms with E-state index in [0.717, 1.165) is 24.8 Å². The van der Waals surface area contributed by atoms with Gasteiger partial charge in [0.2, 0.25) is 0 Å². The van der Waals surface area contributed by atoms with Gasteiger partial charge in [-0.1, -0.05) is 36.6 Å². The van der Waals surface area contributed by atoms with Crippen LogP contribution < -0.4 is 4.31 Å². The molecule has 1 saturated carbocycles. The van der Waals surface area contributed by atoms with Crippen LogP contribution in [0.15, 0.2) is 53.4 Å². The number of nitrogens with zero attached hydrogens (tertiary/aromatic N) is 2. The molecule has 2 aromatic rings. The summed E-state index contributed by atoms with van der Waals surface area (Å²) in [6.07, 6.45) is 2.89. The average Bonchev–Trinajstić information content (AvgIpc) is 2.73. The topological polar surface area (TPSA) is 77.9 Å². The summed E-state index contributed by atoms with van der Waals surface area (Å²) in [5, 5.41) is 10.2. The van der Waals surface area contributed by atoms with Crippen molar-refractivity contribution in [2.45, 2.75) is 49.6 Å². The SMILES string of the molecule is Cc1ccc(S(=O)(=O)N(C)c2cccc(C(=O)N(C)[C@@H]3CCCC[C@H]3O)c2)cc1. The summed E-state index contributed by atoms with van der Waals surface area (Å²) in [6, 6.07) is 13.0. The first-order chi connectivity index (χ1) is 13.7. The Kier molecular flexibility index (Phi) is 6.29. The largest absolute Gasteiger partial charge is 0.391 e. The Bertz CT molecular complexity index is 973. The van der Waals surface area contributed by atoms with E-state index < -0.39 is 16.1 Å². The fraction of sp³-hybridized carbons (Fsp3) is 0.409. The van der Waals surface area contributed by atoms with Crippen molar-refractivity contribution >= 4 is 21.6 Å². The molecule has 0 aromatic heterocycles. The Labute approximate surface area is 172 Å². The zero-order valence-electron chi connectivity index (χ0n) is 17.1. The quantitative estimate of drug-likeness (QED) is 0.812. The van der Waals surface area contributed by atoms with E-state index in [-0.39, 0.29) is 16.8 Å². The second-order valence-corrected chi connectivity index (χ2v) is 9.64. The lowest BCUT2D eigenvalue weighted by atomic mass is 9.91. The smallest absolute Gasteiger partial charge is 0.264 e. The van der Waals surface area contributed by atoms with Gasteiger partial charge in [0.25, 0.3) is 15.9 Å². The van der Waals surface area contributed by atoms with Crippen molar-refractivity contribution in [3.63, 3.8) is 0 Å². The molecular weight excluding hydrogens is 388 g/mol. The van der Waals surface area contributed by atoms with Gasteiger partial charge in [-0.3, -0.25) is 9.10 Å². The van der Waals surface area contributed by atoms with Gasteiger partial charge in [-0.25, -0.2) is 8.42 Å². The van der Waals surface area contributed by atoms with Gasteiger partial charge in [0.05, 0.1) is 22.7 Å². The molecule has 1 fully saturated rings. The molecule has 6 nitrogen and oxygen atoms in total. The number of aryl methyl sites for hydroxylation is 1. The summed E-state index contributed by atoms with van der Waals surface area (Å²) in [4.78, 5) is 14.7. The molecular formula is C22H28N2O4S. The van der Waals surface area contributed by atoms with E-state index in [4.69, 9.17) is 0 Å². The minimum atomic E-state index is -3.73. The summed E-state index contributed by atoms with van der Waals surface area (Å²) in [6.45, 7) is 1.90. The first kappa shape index (κ1) is 21.3. The van der Waals surface area contributed by atoms with Gasteiger partial charge >= 0.3 is 0 Å². The highest BCUT2D eigenvalue weighted by atomic mass is 32.2. The molecule has 0 radical (unpaired) electrons. The number of amides is 1. The number of aliphatic hydroxyl groups excluding tert-OH is 1. The molecule has 3 rings (SSSR count). The molecule has 0 saturated heterocycles. The maximum atomic E-state index is 13.0. The van der Waals surface area contributed by atoms with E-state index in [0.29, 0.717) is 17.7 Å². The molecule has 0 heterocycles. The van der Waals surface area contributed by atoms with Crippen molar-refractivity contribution in [3.05, 3.63) is 59.7 Å². The van der Waals surface area contributed by atoms with Crippen molar-refractivity contribution in [1.29, 1.82) is 0 Å². The van der Waals surface area contributed by atoms with Crippen LogP contribution in [-0.2, 0) is 10.0 Å². The minimum absolute atomic E-state index is 0.199. The highest BCUT2D eigenvalue weighted by molar-refractivity contribution is 7.92. The van der Waals surface area contributed by atoms with E-state index in [1.807, 2.05) is 6.92 Å². The molecule has 7 heteroatoms. The molecule has 0 spiro atoms. The van der Waals surface area contributed by atoms with Crippen LogP contribution in [-0.4, -0.2) is 50.6 Å². The molecule has 156 valence electrons. The maximum absolute atomic E-state index is 13.0. The van der Waals surface area contributed by atoms with Gasteiger partial charge in [-0.2, -0.15) is 0 Å². The first-order valence-electron chi connectivity index (χ1n) is 9.82. The average molecular weight is 417 g/mol. The lowest BCUT2D eigenvalue weighted by molar-refractivity contribution is 0.0268. The summed E-state index contributed by atoms with van der Waals surface area (Å²) < 4.78 is 27.1. The Morgan fingerprint density at radius 3 is 2.34 bits per heavy atom. The zero-order valence-corrected chi connectivity index (χ0v) is 17.9. The number of sulfonamides is 1. The Morgan fingerprint density at radius 2 is 1.69 bits per heavy atom. The second-order valence-electron chi connectivity index (χ2n) is 7.67. The first-order valence-corrected chi connectivity index (χ1v) is 11.3. The Morgan fingerprint density at radius 1 is 1.03 bits per heavy atom. The van der Waals surface area contributed by atoms with Crippen molar-refractivity contribution in [1.82, 2.24) is 4.90 Å². The van der Waals surface area contributed by atoms with Crippen LogP contribution in [0.25, 0.3) is 0 Å². The van der Waals surface area contributed by atoms with E-state index >= 15 is 0 Å². The Hall–Kier alpha value is -2.38. The van der Waals surface area contributed by atoms with Gasteiger partial charge in [-0.15, -0.1) is 0 Å². The minimum Gasteiger partial charge on any atom is -0.391 e. The summed E-state index contributed by atoms with van der Waals surface area (Å²) >= 11 is 0. The summed E-state index contributed by atoms with van der Waals surface area (Å²) in [7, 11) is -0.557. The van der Waals surface area contributed by atoms with Crippen LogP contribution >= 0.6 is 0 Å². The van der Waals surface area contributed by atoms with Gasteiger partial charge in [-0.05, 0) is 50.1 Å². The molecule has 1 amide bonds. The van der Waals surface area contributed by atoms with Crippen LogP contribution in [0.2, 0.25) is 0 Å². The molecule has 0 bridgehead atoms. The van der Waals surface area contributed by atoms with Crippen LogP contribution in [0.1, 0.15) is 41.6 Å². The third-order valence-electron chi connectivity index (χ3n) is 5.65. The number of benzene rings is 2. The Balaban J connectivity index is 1.84. The number of carbonyl (C=O) groups is 1. The van der Waals surface area contributed by atoms with Gasteiger partial charge in [0.15, 0.2) is 0 Å². The molecule has 2 atom stereocenters. The summed E-state index contributed by atoms with van der Waals surface area (Å²) in [5.74, 6) is -0.223. The lowest BCUT2D eigenvalue weighted by Crippen LogP contribution is -2.46. The molecule has 29 heavy (non-hydrogen) atoms. The van der Waals surface area contributed by atoms with Crippen LogP contribution in [0, 0.1) is 6.92 Å². The number of rotatable bonds is 5. The highest BCUT2D eigenvalue weighted by Gasteiger charge is 2.30. The van der Waals surface area contributed by atoms with Crippen LogP contribution in [0.5, 0.6) is 0 Å². The number of likely N-dealkylation sites (N-methyl/N-ethyl adjacent to an activating group) is 1. The summed E-state index contributed by atoms with van der Waals surface area (Å²) in [5.41, 5.74) is 1.79. The molecule has 0 unspecified atom stereocenters. The van der Waals surface area contributed by atoms with Crippen LogP contribution in [0.4, 0.5) is 5.69 Å². The number of anilines is 1. The van der Waals surface area contributed by atoms with Crippen molar-refractivity contribution in [2.75, 3.05) is 18.4 Å². The standard InChI is InChI=1S/C22H28N2O4S/c1-16-11-13-19(14-12-16)29(27,28)24(3)18-8-6-7-17(15-18)22(26)23(2)20-9-4-5-10-21(20)25/h6-8,11-15,20-21,25H,4-5,9-10H2,1-3H3/t20-,21-/m1/s1. The number of carbonyl (C=O) groups excluding carboxylic acids is 1. The van der Waals surface area contributed by atoms with Gasteiger partial charge in [0.1, 0.15) is 0 Å². The molecule has 2 aromatic carbocycles. The molecule has 1 aliphatic rings. The zero-order chi connectivity index (χ0) is 21.2. The molecule has 1 aliphatic carbocycles. The van der Waals surface area contributed by atoms with E-state index in [1.165, 1.54) is 11.4 Å². The van der Waals surface area contributed by atoms with E-state index in [9.17, 15) is 18.3 Å². The fourth-order valence-corrected chi connectivity index (χ4v) is 4.93. The van der Waals surface area contributed by atoms with Gasteiger partial charge < -0.3 is 10.0 Å². The number of aliphatic hydroxyl groups is 1. The molecule has 0 aliphatic heterocycles. The van der Waals surface area contributed by atoms with Crippen molar-refractivity contribution in [2.24, 2.45) is 0 Å². The normalized spacial score (nSPS) is 19.6. The predicted molar refractivity (Wildman–Crippen MR) is 114 cm³/mol. The third-order valence-corrected chi connectivity index (χ3v) is 7.45. The predicted octanol–water partition coefficient (Wildman–Crippen LogP) is 3.20. The number of hydrogen-bond acceptors (Lipinski definition) is 4. The monoisotopic (exact) mass is 416 g/mol. The van der Waals surface area contributed by atoms with Gasteiger partial charge in [0, 0.05) is 19.7 Å².